The van der Waals surface area contributed by atoms with Crippen LogP contribution in [0.25, 0.3) is 0 Å². The third-order valence-electron chi connectivity index (χ3n) is 4.12. The zero-order valence-electron chi connectivity index (χ0n) is 14.6. The number of rotatable bonds is 5. The van der Waals surface area contributed by atoms with Crippen molar-refractivity contribution >= 4 is 23.4 Å². The van der Waals surface area contributed by atoms with Crippen molar-refractivity contribution in [2.45, 2.75) is 6.92 Å². The van der Waals surface area contributed by atoms with Crippen LogP contribution in [0, 0.1) is 0 Å². The number of aromatic nitrogens is 2. The highest BCUT2D eigenvalue weighted by molar-refractivity contribution is 5.89. The molecule has 0 bridgehead atoms. The third-order valence-corrected chi connectivity index (χ3v) is 4.12. The highest BCUT2D eigenvalue weighted by Crippen LogP contribution is 2.18. The van der Waals surface area contributed by atoms with Crippen molar-refractivity contribution in [3.63, 3.8) is 0 Å². The van der Waals surface area contributed by atoms with Gasteiger partial charge in [-0.1, -0.05) is 0 Å². The van der Waals surface area contributed by atoms with Gasteiger partial charge in [0.15, 0.2) is 0 Å². The monoisotopic (exact) mass is 341 g/mol. The van der Waals surface area contributed by atoms with Crippen LogP contribution in [0.1, 0.15) is 17.3 Å². The van der Waals surface area contributed by atoms with E-state index >= 15 is 0 Å². The van der Waals surface area contributed by atoms with Gasteiger partial charge in [0.2, 0.25) is 5.95 Å². The molecule has 2 heterocycles. The number of nitrogens with zero attached hydrogens (tertiary/aromatic N) is 4. The van der Waals surface area contributed by atoms with E-state index in [4.69, 9.17) is 4.74 Å². The van der Waals surface area contributed by atoms with Crippen LogP contribution in [-0.2, 0) is 4.74 Å². The summed E-state index contributed by atoms with van der Waals surface area (Å²) in [6.07, 6.45) is 1.76. The first kappa shape index (κ1) is 17.2. The van der Waals surface area contributed by atoms with E-state index in [0.717, 1.165) is 37.7 Å². The lowest BCUT2D eigenvalue weighted by atomic mass is 10.2. The SMILES string of the molecule is CCOC(=O)c1ccc(Nc2nccc(N3CCN(C)CC3)n2)cc1. The van der Waals surface area contributed by atoms with Crippen LogP contribution in [0.2, 0.25) is 0 Å². The highest BCUT2D eigenvalue weighted by Gasteiger charge is 2.15. The van der Waals surface area contributed by atoms with Crippen LogP contribution in [-0.4, -0.2) is 60.7 Å². The van der Waals surface area contributed by atoms with Crippen molar-refractivity contribution < 1.29 is 9.53 Å². The first-order valence-corrected chi connectivity index (χ1v) is 8.46. The van der Waals surface area contributed by atoms with Gasteiger partial charge in [0, 0.05) is 38.1 Å². The smallest absolute Gasteiger partial charge is 0.338 e. The van der Waals surface area contributed by atoms with Crippen LogP contribution in [0.5, 0.6) is 0 Å². The van der Waals surface area contributed by atoms with E-state index in [9.17, 15) is 4.79 Å². The topological polar surface area (TPSA) is 70.6 Å². The second-order valence-electron chi connectivity index (χ2n) is 5.95. The first-order valence-electron chi connectivity index (χ1n) is 8.46. The number of carbonyl (C=O) groups excluding carboxylic acids is 1. The molecule has 7 heteroatoms. The van der Waals surface area contributed by atoms with Gasteiger partial charge in [-0.2, -0.15) is 4.98 Å². The number of piperazine rings is 1. The lowest BCUT2D eigenvalue weighted by molar-refractivity contribution is 0.0526. The summed E-state index contributed by atoms with van der Waals surface area (Å²) in [6, 6.07) is 9.02. The summed E-state index contributed by atoms with van der Waals surface area (Å²) in [4.78, 5) is 25.1. The lowest BCUT2D eigenvalue weighted by Gasteiger charge is -2.33. The highest BCUT2D eigenvalue weighted by atomic mass is 16.5. The van der Waals surface area contributed by atoms with E-state index < -0.39 is 0 Å². The van der Waals surface area contributed by atoms with E-state index in [2.05, 4.69) is 32.1 Å². The first-order chi connectivity index (χ1) is 12.2. The average Bonchev–Trinajstić information content (AvgIpc) is 2.63. The summed E-state index contributed by atoms with van der Waals surface area (Å²) < 4.78 is 4.98. The summed E-state index contributed by atoms with van der Waals surface area (Å²) in [5, 5.41) is 3.18. The Kier molecular flexibility index (Phi) is 5.45. The summed E-state index contributed by atoms with van der Waals surface area (Å²) in [5.41, 5.74) is 1.35. The molecular formula is C18H23N5O2. The number of hydrogen-bond donors (Lipinski definition) is 1. The third kappa shape index (κ3) is 4.45. The molecule has 0 spiro atoms. The fourth-order valence-electron chi connectivity index (χ4n) is 2.65. The van der Waals surface area contributed by atoms with Gasteiger partial charge in [0.05, 0.1) is 12.2 Å². The maximum absolute atomic E-state index is 11.7. The molecule has 1 saturated heterocycles. The number of anilines is 3. The molecule has 0 saturated carbocycles. The summed E-state index contributed by atoms with van der Waals surface area (Å²) in [6.45, 7) is 6.14. The number of carbonyl (C=O) groups is 1. The molecule has 1 fully saturated rings. The minimum absolute atomic E-state index is 0.317. The quantitative estimate of drug-likeness (QED) is 0.836. The largest absolute Gasteiger partial charge is 0.462 e. The summed E-state index contributed by atoms with van der Waals surface area (Å²) >= 11 is 0. The van der Waals surface area contributed by atoms with E-state index in [0.29, 0.717) is 18.1 Å². The molecule has 2 aromatic rings. The Labute approximate surface area is 147 Å². The number of esters is 1. The molecule has 132 valence electrons. The van der Waals surface area contributed by atoms with Gasteiger partial charge in [-0.05, 0) is 44.3 Å². The molecule has 0 unspecified atom stereocenters. The predicted molar refractivity (Wildman–Crippen MR) is 97.4 cm³/mol. The normalized spacial score (nSPS) is 15.0. The maximum Gasteiger partial charge on any atom is 0.338 e. The Morgan fingerprint density at radius 3 is 2.56 bits per heavy atom. The average molecular weight is 341 g/mol. The lowest BCUT2D eigenvalue weighted by Crippen LogP contribution is -2.44. The second-order valence-corrected chi connectivity index (χ2v) is 5.95. The number of benzene rings is 1. The molecule has 0 radical (unpaired) electrons. The van der Waals surface area contributed by atoms with E-state index in [1.165, 1.54) is 0 Å². The molecule has 0 atom stereocenters. The molecule has 1 aromatic heterocycles. The predicted octanol–water partition coefficient (Wildman–Crippen LogP) is 2.15. The van der Waals surface area contributed by atoms with Crippen LogP contribution >= 0.6 is 0 Å². The van der Waals surface area contributed by atoms with Crippen molar-refractivity contribution in [1.29, 1.82) is 0 Å². The Morgan fingerprint density at radius 1 is 1.16 bits per heavy atom. The molecule has 0 aliphatic carbocycles. The number of hydrogen-bond acceptors (Lipinski definition) is 7. The van der Waals surface area contributed by atoms with E-state index in [1.807, 2.05) is 18.2 Å². The van der Waals surface area contributed by atoms with Crippen molar-refractivity contribution in [2.75, 3.05) is 50.1 Å². The Bertz CT molecular complexity index is 712. The molecule has 1 aliphatic rings. The maximum atomic E-state index is 11.7. The van der Waals surface area contributed by atoms with Gasteiger partial charge in [-0.15, -0.1) is 0 Å². The molecule has 3 rings (SSSR count). The van der Waals surface area contributed by atoms with Crippen molar-refractivity contribution in [2.24, 2.45) is 0 Å². The van der Waals surface area contributed by atoms with Crippen LogP contribution in [0.4, 0.5) is 17.5 Å². The second kappa shape index (κ2) is 7.94. The number of ether oxygens (including phenoxy) is 1. The number of nitrogens with one attached hydrogen (secondary N) is 1. The molecule has 25 heavy (non-hydrogen) atoms. The molecule has 1 aliphatic heterocycles. The Morgan fingerprint density at radius 2 is 1.88 bits per heavy atom. The van der Waals surface area contributed by atoms with Crippen LogP contribution in [0.15, 0.2) is 36.5 Å². The van der Waals surface area contributed by atoms with Crippen LogP contribution < -0.4 is 10.2 Å². The van der Waals surface area contributed by atoms with Crippen LogP contribution in [0.3, 0.4) is 0 Å². The molecule has 7 nitrogen and oxygen atoms in total. The number of likely N-dealkylation sites (N-methyl/N-ethyl adjacent to an activating group) is 1. The van der Waals surface area contributed by atoms with E-state index in [-0.39, 0.29) is 5.97 Å². The van der Waals surface area contributed by atoms with Crippen molar-refractivity contribution in [3.05, 3.63) is 42.1 Å². The van der Waals surface area contributed by atoms with Crippen molar-refractivity contribution in [1.82, 2.24) is 14.9 Å². The Hall–Kier alpha value is -2.67. The van der Waals surface area contributed by atoms with Gasteiger partial charge in [0.25, 0.3) is 0 Å². The van der Waals surface area contributed by atoms with Gasteiger partial charge in [-0.3, -0.25) is 0 Å². The summed E-state index contributed by atoms with van der Waals surface area (Å²) in [5.74, 6) is 1.15. The van der Waals surface area contributed by atoms with Gasteiger partial charge >= 0.3 is 5.97 Å². The Balaban J connectivity index is 1.67. The molecule has 0 amide bonds. The summed E-state index contributed by atoms with van der Waals surface area (Å²) in [7, 11) is 2.13. The fraction of sp³-hybridized carbons (Fsp3) is 0.389. The zero-order chi connectivity index (χ0) is 17.6. The van der Waals surface area contributed by atoms with Gasteiger partial charge in [-0.25, -0.2) is 9.78 Å². The fourth-order valence-corrected chi connectivity index (χ4v) is 2.65. The minimum Gasteiger partial charge on any atom is -0.462 e. The van der Waals surface area contributed by atoms with E-state index in [1.54, 1.807) is 25.3 Å². The van der Waals surface area contributed by atoms with Gasteiger partial charge < -0.3 is 19.9 Å². The molecule has 1 N–H and O–H groups in total. The molecule has 1 aromatic carbocycles. The van der Waals surface area contributed by atoms with Crippen molar-refractivity contribution in [3.8, 4) is 0 Å². The standard InChI is InChI=1S/C18H23N5O2/c1-3-25-17(24)14-4-6-15(7-5-14)20-18-19-9-8-16(21-18)23-12-10-22(2)11-13-23/h4-9H,3,10-13H2,1-2H3,(H,19,20,21). The minimum atomic E-state index is -0.317. The van der Waals surface area contributed by atoms with Gasteiger partial charge in [0.1, 0.15) is 5.82 Å². The molecular weight excluding hydrogens is 318 g/mol. The zero-order valence-corrected chi connectivity index (χ0v) is 14.6.